The third kappa shape index (κ3) is 2.85. The number of anilines is 1. The van der Waals surface area contributed by atoms with E-state index in [2.05, 4.69) is 0 Å². The van der Waals surface area contributed by atoms with Crippen LogP contribution in [-0.2, 0) is 14.4 Å². The Labute approximate surface area is 197 Å². The molecule has 7 heteroatoms. The first kappa shape index (κ1) is 21.0. The molecule has 2 saturated heterocycles. The Morgan fingerprint density at radius 2 is 1.65 bits per heavy atom. The Hall–Kier alpha value is -3.61. The number of carbonyl (C=O) groups is 3. The van der Waals surface area contributed by atoms with Crippen LogP contribution in [-0.4, -0.2) is 41.8 Å². The second-order valence-electron chi connectivity index (χ2n) is 10.3. The number of carbonyl (C=O) groups excluding carboxylic acids is 3. The standard InChI is InChI=1S/C27H26N2O5/c1-27(2,3)24(30)23-21-20(22-17-7-5-4-6-15(17)10-11-28(22)23)25(31)29(26(21)32)16-8-9-18-19(14-16)34-13-12-33-18/h4-11,14,20-23H,12-13H2,1-3H3/t20-,21+,22+,23-/m0/s1. The van der Waals surface area contributed by atoms with Gasteiger partial charge < -0.3 is 14.4 Å². The highest BCUT2D eigenvalue weighted by molar-refractivity contribution is 6.24. The highest BCUT2D eigenvalue weighted by Gasteiger charge is 2.65. The molecular formula is C27H26N2O5. The summed E-state index contributed by atoms with van der Waals surface area (Å²) in [5.74, 6) is -0.968. The molecular weight excluding hydrogens is 432 g/mol. The molecule has 2 aromatic rings. The van der Waals surface area contributed by atoms with E-state index in [0.29, 0.717) is 30.4 Å². The third-order valence-electron chi connectivity index (χ3n) is 7.25. The third-order valence-corrected chi connectivity index (χ3v) is 7.25. The Balaban J connectivity index is 1.47. The number of ether oxygens (including phenoxy) is 2. The molecule has 0 aromatic heterocycles. The summed E-state index contributed by atoms with van der Waals surface area (Å²) in [5, 5.41) is 0. The van der Waals surface area contributed by atoms with Gasteiger partial charge in [-0.15, -0.1) is 0 Å². The van der Waals surface area contributed by atoms with Crippen molar-refractivity contribution in [3.63, 3.8) is 0 Å². The number of amides is 2. The minimum atomic E-state index is -0.756. The number of nitrogens with zero attached hydrogens (tertiary/aromatic N) is 2. The van der Waals surface area contributed by atoms with Crippen molar-refractivity contribution in [1.82, 2.24) is 4.90 Å². The fourth-order valence-electron chi connectivity index (χ4n) is 5.73. The Morgan fingerprint density at radius 1 is 0.941 bits per heavy atom. The highest BCUT2D eigenvalue weighted by atomic mass is 16.6. The van der Waals surface area contributed by atoms with E-state index in [1.54, 1.807) is 18.2 Å². The Bertz CT molecular complexity index is 1260. The van der Waals surface area contributed by atoms with Crippen molar-refractivity contribution >= 4 is 29.4 Å². The minimum Gasteiger partial charge on any atom is -0.486 e. The summed E-state index contributed by atoms with van der Waals surface area (Å²) in [6, 6.07) is 11.9. The summed E-state index contributed by atoms with van der Waals surface area (Å²) in [6.45, 7) is 6.45. The van der Waals surface area contributed by atoms with Crippen LogP contribution in [0.1, 0.15) is 37.9 Å². The van der Waals surface area contributed by atoms with Crippen molar-refractivity contribution in [1.29, 1.82) is 0 Å². The maximum Gasteiger partial charge on any atom is 0.240 e. The van der Waals surface area contributed by atoms with E-state index in [9.17, 15) is 14.4 Å². The van der Waals surface area contributed by atoms with Crippen molar-refractivity contribution < 1.29 is 23.9 Å². The lowest BCUT2D eigenvalue weighted by molar-refractivity contribution is -0.135. The maximum atomic E-state index is 13.9. The number of benzene rings is 2. The predicted molar refractivity (Wildman–Crippen MR) is 125 cm³/mol. The van der Waals surface area contributed by atoms with Gasteiger partial charge in [0.2, 0.25) is 11.8 Å². The van der Waals surface area contributed by atoms with E-state index in [-0.39, 0.29) is 23.6 Å². The molecule has 4 atom stereocenters. The molecule has 0 bridgehead atoms. The van der Waals surface area contributed by atoms with Crippen molar-refractivity contribution in [2.24, 2.45) is 17.3 Å². The smallest absolute Gasteiger partial charge is 0.240 e. The van der Waals surface area contributed by atoms with E-state index < -0.39 is 23.3 Å². The van der Waals surface area contributed by atoms with Crippen molar-refractivity contribution in [2.45, 2.75) is 32.9 Å². The monoisotopic (exact) mass is 458 g/mol. The van der Waals surface area contributed by atoms with Crippen LogP contribution in [0.2, 0.25) is 0 Å². The molecule has 174 valence electrons. The lowest BCUT2D eigenvalue weighted by Gasteiger charge is -2.37. The molecule has 34 heavy (non-hydrogen) atoms. The van der Waals surface area contributed by atoms with Crippen molar-refractivity contribution in [3.05, 3.63) is 59.8 Å². The van der Waals surface area contributed by atoms with E-state index >= 15 is 0 Å². The molecule has 2 aromatic carbocycles. The molecule has 4 aliphatic heterocycles. The van der Waals surface area contributed by atoms with Gasteiger partial charge in [-0.2, -0.15) is 0 Å². The molecule has 0 aliphatic carbocycles. The molecule has 2 amide bonds. The summed E-state index contributed by atoms with van der Waals surface area (Å²) < 4.78 is 11.3. The average Bonchev–Trinajstić information content (AvgIpc) is 3.30. The van der Waals surface area contributed by atoms with Crippen LogP contribution < -0.4 is 14.4 Å². The predicted octanol–water partition coefficient (Wildman–Crippen LogP) is 3.59. The number of hydrogen-bond acceptors (Lipinski definition) is 6. The summed E-state index contributed by atoms with van der Waals surface area (Å²) in [4.78, 5) is 44.7. The average molecular weight is 459 g/mol. The van der Waals surface area contributed by atoms with Crippen LogP contribution >= 0.6 is 0 Å². The van der Waals surface area contributed by atoms with Gasteiger partial charge in [-0.05, 0) is 29.3 Å². The van der Waals surface area contributed by atoms with Gasteiger partial charge in [0.1, 0.15) is 19.3 Å². The zero-order valence-electron chi connectivity index (χ0n) is 19.4. The molecule has 4 heterocycles. The first-order chi connectivity index (χ1) is 16.3. The van der Waals surface area contributed by atoms with Crippen LogP contribution in [0.25, 0.3) is 6.08 Å². The largest absolute Gasteiger partial charge is 0.486 e. The van der Waals surface area contributed by atoms with Crippen molar-refractivity contribution in [3.8, 4) is 11.5 Å². The zero-order valence-corrected chi connectivity index (χ0v) is 19.4. The summed E-state index contributed by atoms with van der Waals surface area (Å²) in [6.07, 6.45) is 3.85. The zero-order chi connectivity index (χ0) is 23.8. The Morgan fingerprint density at radius 3 is 2.41 bits per heavy atom. The number of imide groups is 1. The van der Waals surface area contributed by atoms with Gasteiger partial charge in [-0.1, -0.05) is 45.0 Å². The van der Waals surface area contributed by atoms with Gasteiger partial charge in [-0.3, -0.25) is 14.4 Å². The molecule has 7 nitrogen and oxygen atoms in total. The molecule has 2 fully saturated rings. The molecule has 0 spiro atoms. The fraction of sp³-hybridized carbons (Fsp3) is 0.370. The van der Waals surface area contributed by atoms with Crippen LogP contribution in [0.3, 0.4) is 0 Å². The number of rotatable bonds is 2. The molecule has 6 rings (SSSR count). The van der Waals surface area contributed by atoms with Gasteiger partial charge in [-0.25, -0.2) is 4.90 Å². The van der Waals surface area contributed by atoms with Crippen LogP contribution in [0.5, 0.6) is 11.5 Å². The van der Waals surface area contributed by atoms with Crippen LogP contribution in [0.15, 0.2) is 48.7 Å². The molecule has 4 aliphatic rings. The van der Waals surface area contributed by atoms with Gasteiger partial charge in [0.05, 0.1) is 23.6 Å². The van der Waals surface area contributed by atoms with E-state index in [0.717, 1.165) is 11.1 Å². The first-order valence-electron chi connectivity index (χ1n) is 11.6. The second-order valence-corrected chi connectivity index (χ2v) is 10.3. The van der Waals surface area contributed by atoms with E-state index in [1.807, 2.05) is 62.2 Å². The fourth-order valence-corrected chi connectivity index (χ4v) is 5.73. The SMILES string of the molecule is CC(C)(C)C(=O)[C@@H]1[C@@H]2C(=O)N(c3ccc4c(c3)OCCO4)C(=O)[C@@H]2[C@H]2c3ccccc3C=CN12. The van der Waals surface area contributed by atoms with Crippen molar-refractivity contribution in [2.75, 3.05) is 18.1 Å². The van der Waals surface area contributed by atoms with Gasteiger partial charge in [0, 0.05) is 17.7 Å². The lowest BCUT2D eigenvalue weighted by Crippen LogP contribution is -2.47. The first-order valence-corrected chi connectivity index (χ1v) is 11.6. The summed E-state index contributed by atoms with van der Waals surface area (Å²) >= 11 is 0. The van der Waals surface area contributed by atoms with Gasteiger partial charge in [0.25, 0.3) is 0 Å². The maximum absolute atomic E-state index is 13.9. The van der Waals surface area contributed by atoms with E-state index in [4.69, 9.17) is 9.47 Å². The summed E-state index contributed by atoms with van der Waals surface area (Å²) in [5.41, 5.74) is 1.75. The second kappa shape index (κ2) is 7.19. The van der Waals surface area contributed by atoms with Crippen LogP contribution in [0, 0.1) is 17.3 Å². The van der Waals surface area contributed by atoms with E-state index in [1.165, 1.54) is 4.90 Å². The Kier molecular flexibility index (Phi) is 4.43. The lowest BCUT2D eigenvalue weighted by atomic mass is 9.79. The topological polar surface area (TPSA) is 76.1 Å². The number of hydrogen-bond donors (Lipinski definition) is 0. The number of fused-ring (bicyclic) bond motifs is 6. The van der Waals surface area contributed by atoms with Crippen LogP contribution in [0.4, 0.5) is 5.69 Å². The normalized spacial score (nSPS) is 26.9. The molecule has 0 N–H and O–H groups in total. The van der Waals surface area contributed by atoms with Gasteiger partial charge in [0.15, 0.2) is 17.3 Å². The number of ketones is 1. The molecule has 0 unspecified atom stereocenters. The van der Waals surface area contributed by atoms with Gasteiger partial charge >= 0.3 is 0 Å². The number of Topliss-reactive ketones (excluding diaryl/α,β-unsaturated/α-hetero) is 1. The molecule has 0 radical (unpaired) electrons. The molecule has 0 saturated carbocycles. The summed E-state index contributed by atoms with van der Waals surface area (Å²) in [7, 11) is 0. The minimum absolute atomic E-state index is 0.0424. The quantitative estimate of drug-likeness (QED) is 0.641. The highest BCUT2D eigenvalue weighted by Crippen LogP contribution is 2.54.